The second-order valence-electron chi connectivity index (χ2n) is 9.17. The lowest BCUT2D eigenvalue weighted by molar-refractivity contribution is -0.137. The summed E-state index contributed by atoms with van der Waals surface area (Å²) in [6.45, 7) is 2.01. The molecule has 1 atom stereocenters. The number of carbonyl (C=O) groups is 2. The van der Waals surface area contributed by atoms with Crippen molar-refractivity contribution in [3.8, 4) is 0 Å². The number of aryl methyl sites for hydroxylation is 1. The van der Waals surface area contributed by atoms with E-state index in [1.54, 1.807) is 12.1 Å². The minimum atomic E-state index is -0.863. The predicted molar refractivity (Wildman–Crippen MR) is 148 cm³/mol. The molecule has 0 spiro atoms. The van der Waals surface area contributed by atoms with Crippen molar-refractivity contribution in [3.63, 3.8) is 0 Å². The van der Waals surface area contributed by atoms with E-state index in [0.29, 0.717) is 22.8 Å². The fourth-order valence-corrected chi connectivity index (χ4v) is 4.44. The van der Waals surface area contributed by atoms with Crippen molar-refractivity contribution in [2.24, 2.45) is 0 Å². The summed E-state index contributed by atoms with van der Waals surface area (Å²) in [6.07, 6.45) is 0.159. The number of carboxylic acid groups (broad SMARTS) is 1. The van der Waals surface area contributed by atoms with Gasteiger partial charge in [0.2, 0.25) is 5.91 Å². The number of aromatic nitrogens is 1. The number of fused-ring (bicyclic) bond motifs is 1. The van der Waals surface area contributed by atoms with Crippen LogP contribution in [0.4, 0.5) is 17.4 Å². The molecule has 0 aliphatic heterocycles. The van der Waals surface area contributed by atoms with Crippen LogP contribution in [0.15, 0.2) is 101 Å². The molecule has 0 aliphatic rings. The molecule has 4 aromatic carbocycles. The van der Waals surface area contributed by atoms with Gasteiger partial charge < -0.3 is 20.2 Å². The van der Waals surface area contributed by atoms with Crippen LogP contribution in [-0.4, -0.2) is 22.0 Å². The Morgan fingerprint density at radius 2 is 1.61 bits per heavy atom. The Morgan fingerprint density at radius 1 is 0.895 bits per heavy atom. The van der Waals surface area contributed by atoms with Gasteiger partial charge in [0.25, 0.3) is 6.01 Å². The molecule has 1 unspecified atom stereocenters. The first kappa shape index (κ1) is 24.8. The Kier molecular flexibility index (Phi) is 7.17. The Balaban J connectivity index is 1.24. The molecule has 38 heavy (non-hydrogen) atoms. The highest BCUT2D eigenvalue weighted by Crippen LogP contribution is 2.29. The molecule has 0 aliphatic carbocycles. The third-order valence-electron chi connectivity index (χ3n) is 6.38. The SMILES string of the molecule is Cc1ccccc1Nc1nc2ccc(CC(=O)Nc3ccc(C(CC(=O)O)c4ccccc4)cc3)cc2o1. The van der Waals surface area contributed by atoms with Crippen LogP contribution < -0.4 is 10.6 Å². The number of hydrogen-bond acceptors (Lipinski definition) is 5. The molecule has 190 valence electrons. The summed E-state index contributed by atoms with van der Waals surface area (Å²) in [5.41, 5.74) is 6.56. The van der Waals surface area contributed by atoms with Gasteiger partial charge in [0.1, 0.15) is 5.52 Å². The van der Waals surface area contributed by atoms with Crippen molar-refractivity contribution in [2.45, 2.75) is 25.7 Å². The minimum absolute atomic E-state index is 0.0119. The lowest BCUT2D eigenvalue weighted by Crippen LogP contribution is -2.14. The van der Waals surface area contributed by atoms with Gasteiger partial charge in [-0.25, -0.2) is 0 Å². The van der Waals surface area contributed by atoms with Crippen molar-refractivity contribution >= 4 is 40.4 Å². The predicted octanol–water partition coefficient (Wildman–Crippen LogP) is 6.67. The van der Waals surface area contributed by atoms with Crippen LogP contribution in [0.1, 0.15) is 34.6 Å². The van der Waals surface area contributed by atoms with Gasteiger partial charge in [-0.15, -0.1) is 0 Å². The van der Waals surface area contributed by atoms with Crippen LogP contribution >= 0.6 is 0 Å². The maximum Gasteiger partial charge on any atom is 0.304 e. The highest BCUT2D eigenvalue weighted by molar-refractivity contribution is 5.93. The number of amides is 1. The summed E-state index contributed by atoms with van der Waals surface area (Å²) < 4.78 is 5.87. The molecule has 7 nitrogen and oxygen atoms in total. The molecular formula is C31H27N3O4. The molecule has 3 N–H and O–H groups in total. The van der Waals surface area contributed by atoms with Crippen LogP contribution in [0.3, 0.4) is 0 Å². The highest BCUT2D eigenvalue weighted by Gasteiger charge is 2.18. The quantitative estimate of drug-likeness (QED) is 0.207. The van der Waals surface area contributed by atoms with Gasteiger partial charge in [-0.2, -0.15) is 4.98 Å². The monoisotopic (exact) mass is 505 g/mol. The maximum absolute atomic E-state index is 12.7. The Bertz CT molecular complexity index is 1580. The van der Waals surface area contributed by atoms with Crippen LogP contribution in [0, 0.1) is 6.92 Å². The highest BCUT2D eigenvalue weighted by atomic mass is 16.4. The molecule has 5 aromatic rings. The van der Waals surface area contributed by atoms with E-state index in [4.69, 9.17) is 4.42 Å². The smallest absolute Gasteiger partial charge is 0.304 e. The molecule has 1 amide bonds. The van der Waals surface area contributed by atoms with Crippen molar-refractivity contribution in [1.29, 1.82) is 0 Å². The van der Waals surface area contributed by atoms with E-state index >= 15 is 0 Å². The van der Waals surface area contributed by atoms with Gasteiger partial charge in [-0.05, 0) is 59.5 Å². The Labute approximate surface area is 220 Å². The van der Waals surface area contributed by atoms with Gasteiger partial charge in [0.15, 0.2) is 5.58 Å². The number of benzene rings is 4. The summed E-state index contributed by atoms with van der Waals surface area (Å²) in [5, 5.41) is 15.5. The van der Waals surface area contributed by atoms with E-state index in [9.17, 15) is 14.7 Å². The van der Waals surface area contributed by atoms with Gasteiger partial charge >= 0.3 is 5.97 Å². The second-order valence-corrected chi connectivity index (χ2v) is 9.17. The topological polar surface area (TPSA) is 104 Å². The van der Waals surface area contributed by atoms with Gasteiger partial charge in [0, 0.05) is 17.3 Å². The molecule has 0 saturated heterocycles. The summed E-state index contributed by atoms with van der Waals surface area (Å²) in [5.74, 6) is -1.30. The van der Waals surface area contributed by atoms with Crippen LogP contribution in [0.25, 0.3) is 11.1 Å². The Morgan fingerprint density at radius 3 is 2.34 bits per heavy atom. The summed E-state index contributed by atoms with van der Waals surface area (Å²) in [6, 6.07) is 30.7. The number of anilines is 3. The first-order valence-electron chi connectivity index (χ1n) is 12.3. The molecular weight excluding hydrogens is 478 g/mol. The summed E-state index contributed by atoms with van der Waals surface area (Å²) in [4.78, 5) is 28.7. The van der Waals surface area contributed by atoms with E-state index in [0.717, 1.165) is 27.9 Å². The number of carbonyl (C=O) groups excluding carboxylic acids is 1. The molecule has 0 fully saturated rings. The van der Waals surface area contributed by atoms with E-state index < -0.39 is 5.97 Å². The number of rotatable bonds is 9. The number of oxazole rings is 1. The standard InChI is InChI=1S/C31H27N3O4/c1-20-7-5-6-10-26(20)33-31-34-27-16-11-21(17-28(27)38-31)18-29(35)32-24-14-12-23(13-15-24)25(19-30(36)37)22-8-3-2-4-9-22/h2-17,25H,18-19H2,1H3,(H,32,35)(H,33,34)(H,36,37). The van der Waals surface area contributed by atoms with E-state index in [-0.39, 0.29) is 24.7 Å². The fourth-order valence-electron chi connectivity index (χ4n) is 4.44. The van der Waals surface area contributed by atoms with Crippen LogP contribution in [-0.2, 0) is 16.0 Å². The van der Waals surface area contributed by atoms with E-state index in [2.05, 4.69) is 15.6 Å². The maximum atomic E-state index is 12.7. The Hall–Kier alpha value is -4.91. The fraction of sp³-hybridized carbons (Fsp3) is 0.129. The summed E-state index contributed by atoms with van der Waals surface area (Å²) in [7, 11) is 0. The zero-order chi connectivity index (χ0) is 26.5. The third kappa shape index (κ3) is 5.90. The average Bonchev–Trinajstić information content (AvgIpc) is 3.31. The number of carboxylic acids is 1. The molecule has 0 bridgehead atoms. The molecule has 5 rings (SSSR count). The number of aliphatic carboxylic acids is 1. The van der Waals surface area contributed by atoms with Crippen LogP contribution in [0.5, 0.6) is 0 Å². The normalized spacial score (nSPS) is 11.7. The number of nitrogens with one attached hydrogen (secondary N) is 2. The summed E-state index contributed by atoms with van der Waals surface area (Å²) >= 11 is 0. The average molecular weight is 506 g/mol. The van der Waals surface area contributed by atoms with E-state index in [1.807, 2.05) is 91.9 Å². The first-order chi connectivity index (χ1) is 18.4. The van der Waals surface area contributed by atoms with Gasteiger partial charge in [-0.3, -0.25) is 9.59 Å². The van der Waals surface area contributed by atoms with Crippen molar-refractivity contribution in [3.05, 3.63) is 119 Å². The van der Waals surface area contributed by atoms with E-state index in [1.165, 1.54) is 0 Å². The van der Waals surface area contributed by atoms with Crippen LogP contribution in [0.2, 0.25) is 0 Å². The molecule has 1 heterocycles. The lowest BCUT2D eigenvalue weighted by atomic mass is 9.88. The number of para-hydroxylation sites is 1. The lowest BCUT2D eigenvalue weighted by Gasteiger charge is -2.16. The van der Waals surface area contributed by atoms with Crippen molar-refractivity contribution < 1.29 is 19.1 Å². The van der Waals surface area contributed by atoms with Gasteiger partial charge in [0.05, 0.1) is 12.8 Å². The molecule has 1 aromatic heterocycles. The number of hydrogen-bond donors (Lipinski definition) is 3. The molecule has 0 saturated carbocycles. The van der Waals surface area contributed by atoms with Gasteiger partial charge in [-0.1, -0.05) is 66.7 Å². The van der Waals surface area contributed by atoms with Crippen molar-refractivity contribution in [1.82, 2.24) is 4.98 Å². The second kappa shape index (κ2) is 11.0. The molecule has 0 radical (unpaired) electrons. The molecule has 7 heteroatoms. The zero-order valence-corrected chi connectivity index (χ0v) is 20.8. The largest absolute Gasteiger partial charge is 0.481 e. The first-order valence-corrected chi connectivity index (χ1v) is 12.3. The third-order valence-corrected chi connectivity index (χ3v) is 6.38. The zero-order valence-electron chi connectivity index (χ0n) is 20.8. The van der Waals surface area contributed by atoms with Crippen molar-refractivity contribution in [2.75, 3.05) is 10.6 Å². The minimum Gasteiger partial charge on any atom is -0.481 e. The number of nitrogens with zero attached hydrogens (tertiary/aromatic N) is 1.